The van der Waals surface area contributed by atoms with E-state index in [0.29, 0.717) is 0 Å². The summed E-state index contributed by atoms with van der Waals surface area (Å²) in [5, 5.41) is -0.315. The van der Waals surface area contributed by atoms with Gasteiger partial charge in [0.2, 0.25) is 30.3 Å². The van der Waals surface area contributed by atoms with Crippen molar-refractivity contribution in [2.24, 2.45) is 17.0 Å². The summed E-state index contributed by atoms with van der Waals surface area (Å²) in [6, 6.07) is 0. The Kier molecular flexibility index (Phi) is 27.0. The number of hydrogen-bond acceptors (Lipinski definition) is 44. The molecule has 0 amide bonds. The summed E-state index contributed by atoms with van der Waals surface area (Å²) in [5.41, 5.74) is 17.1. The van der Waals surface area contributed by atoms with Gasteiger partial charge in [0.25, 0.3) is 35.5 Å². The summed E-state index contributed by atoms with van der Waals surface area (Å²) in [4.78, 5) is 96.6. The lowest BCUT2D eigenvalue weighted by Crippen LogP contribution is -2.39. The van der Waals surface area contributed by atoms with E-state index in [1.165, 1.54) is 81.8 Å². The third-order valence-corrected chi connectivity index (χ3v) is 30.7. The zero-order valence-electron chi connectivity index (χ0n) is 70.5. The monoisotopic (exact) mass is 2080 g/mol. The number of hydrogen-bond donors (Lipinski definition) is 5. The average molecular weight is 2080 g/mol. The number of methoxy groups -OCH3 is 2. The van der Waals surface area contributed by atoms with Crippen molar-refractivity contribution in [3.63, 3.8) is 0 Å². The van der Waals surface area contributed by atoms with E-state index in [4.69, 9.17) is 151 Å². The molecule has 21 rings (SSSR count). The van der Waals surface area contributed by atoms with Gasteiger partial charge in [-0.25, -0.2) is 95.1 Å². The fraction of sp³-hybridized carbons (Fsp3) is 0.515. The first-order valence-corrected chi connectivity index (χ1v) is 52.4. The number of nitrogens with zero attached hydrogens (tertiary/aromatic N) is 19. The van der Waals surface area contributed by atoms with Gasteiger partial charge in [-0.05, 0) is 11.8 Å². The minimum atomic E-state index is -4.68. The number of aromatic nitrogens is 17. The number of nitrogen functional groups attached to an aromatic ring is 3. The van der Waals surface area contributed by atoms with Gasteiger partial charge in [0.1, 0.15) is 138 Å². The summed E-state index contributed by atoms with van der Waals surface area (Å²) in [6.45, 7) is -12.6. The Morgan fingerprint density at radius 1 is 0.428 bits per heavy atom. The quantitative estimate of drug-likeness (QED) is 0.0538. The highest BCUT2D eigenvalue weighted by molar-refractivity contribution is 8.44. The number of carbonyl (C=O) groups is 2. The first kappa shape index (κ1) is 98.6. The normalized spacial score (nSPS) is 37.9. The number of thiol groups is 1. The van der Waals surface area contributed by atoms with Crippen LogP contribution < -0.4 is 22.8 Å². The fourth-order valence-electron chi connectivity index (χ4n) is 17.1. The highest BCUT2D eigenvalue weighted by atomic mass is 32.7. The second kappa shape index (κ2) is 37.8. The molecule has 0 saturated carbocycles. The lowest BCUT2D eigenvalue weighted by atomic mass is 10.1. The van der Waals surface area contributed by atoms with Crippen LogP contribution in [0.25, 0.3) is 44.5 Å². The molecular weight excluding hydrogens is 2020 g/mol. The van der Waals surface area contributed by atoms with Gasteiger partial charge in [-0.15, -0.1) is 0 Å². The number of carbonyl (C=O) groups excluding carboxylic acids is 2. The zero-order chi connectivity index (χ0) is 97.8. The van der Waals surface area contributed by atoms with Crippen LogP contribution >= 0.6 is 55.7 Å². The van der Waals surface area contributed by atoms with Gasteiger partial charge in [0.05, 0.1) is 76.1 Å². The number of anilines is 3. The van der Waals surface area contributed by atoms with Gasteiger partial charge >= 0.3 is 13.5 Å². The second-order valence-corrected chi connectivity index (χ2v) is 43.8. The van der Waals surface area contributed by atoms with E-state index in [9.17, 15) is 55.3 Å². The van der Waals surface area contributed by atoms with Crippen LogP contribution in [0.15, 0.2) is 77.7 Å². The molecule has 70 heteroatoms. The standard InChI is InChI=1S/C23H25BF2N8O10P2S.C23H24BF2N7O10P2S.C22H20B2F3N7O9P2/c1-32-7-31-19-12(21(32)35)9(25)3-33(19)23-17(38-2)16-11(42-23)4-39-45(24,36)43-15-10(5-40-46(37,47)44-16)41-22(13(15)26)34-8-30-14-18(27)28-6-29-20(14)34;1-37-18-17-12(41-23(18)32-4-9(25)13-10(34)2-3-28-20(13)32)5-38-44(24,35)42-16-11(6-39-45(36,46)43-17)40-22(14(16)26)33-8-31-15-19(27)29-7-30-21(15)33;23-44(36)39-5-11-17(14(27)22(41-11)34-7-32-15-18(28)30-6-31-20(15)34)43-45(24,37)38-4-10-16(42-44)13(26)21(40-10)33-3-8(25)12-9(35)1-2-29-19(12)33/h3,6-8,10-11,13,15-17,22-23H,4-5H2,1-2H3,(H,37,47)(H2,27,28,29);3-4,7-8,11-12,14,16-18,22-23H,2,5-6H2,1H3,(H,36,46)(H2,27,29,30);2-3,6-7,10-11,13-14,16-17,21-22H,1,4-5H2,(H2,28,30,31)/t10-,11-,13?,15+,16?,17+,22-,23-,45?,46?;11-,12-,14?,16+,17?,18+,22-,23-,44?,45?;10-,11-,13+,14?,16?,17+,21-,22-,44?,45?/m111/s1. The number of halogens is 7. The van der Waals surface area contributed by atoms with Gasteiger partial charge in [0.15, 0.2) is 131 Å². The molecule has 138 heavy (non-hydrogen) atoms. The minimum absolute atomic E-state index is 0.0171. The van der Waals surface area contributed by atoms with Crippen molar-refractivity contribution >= 4 is 195 Å². The van der Waals surface area contributed by atoms with Crippen molar-refractivity contribution in [3.8, 4) is 0 Å². The van der Waals surface area contributed by atoms with Crippen LogP contribution in [0.4, 0.5) is 59.8 Å². The number of ketones is 2. The average Bonchev–Trinajstić information content (AvgIpc) is 1.58. The number of fused-ring (bicyclic) bond motifs is 12. The molecule has 11 aliphatic rings. The van der Waals surface area contributed by atoms with Crippen molar-refractivity contribution < 1.29 is 160 Å². The van der Waals surface area contributed by atoms with Crippen molar-refractivity contribution in [1.82, 2.24) is 81.8 Å². The predicted molar refractivity (Wildman–Crippen MR) is 463 cm³/mol. The maximum absolute atomic E-state index is 16.0. The molecule has 9 saturated heterocycles. The Morgan fingerprint density at radius 3 is 1.14 bits per heavy atom. The molecule has 8 radical (unpaired) electrons. The molecule has 0 aromatic carbocycles. The van der Waals surface area contributed by atoms with Crippen LogP contribution in [0.5, 0.6) is 0 Å². The third kappa shape index (κ3) is 18.7. The van der Waals surface area contributed by atoms with E-state index >= 15 is 17.6 Å². The van der Waals surface area contributed by atoms with E-state index < -0.39 is 265 Å². The topological polar surface area (TPSA) is 608 Å². The molecule has 21 heterocycles. The number of Topliss-reactive ketones (excluding diaryl/α,β-unsaturated/α-hetero) is 2. The number of alkyl halides is 4. The van der Waals surface area contributed by atoms with Crippen molar-refractivity contribution in [3.05, 3.63) is 102 Å². The van der Waals surface area contributed by atoms with Gasteiger partial charge in [0, 0.05) is 65.1 Å². The highest BCUT2D eigenvalue weighted by Gasteiger charge is 2.60. The minimum Gasteiger partial charge on any atom is -0.382 e. The number of imidazole rings is 3. The third-order valence-electron chi connectivity index (χ3n) is 23.4. The SMILES string of the molecule is [B]P1(=O)OC[C@H]2O[C@@H](n3cc(F)c4c(=O)n(C)cnc43)[C@@H](OC)C2OP(=O)(S)OC[C@H]2O[C@@H](n3cnc4c(N)ncnc43)C(F)[C@H]2O1.[B]P1(=O)OC[C@H]2O[C@@H](n3cc(F)c4c3N=CCC4=O)[C@@H](OC)C2OP(O)(=S)OC[C@H]2O[C@@H](n3cnc4c(N)ncnc43)C(F)[C@H]2O1.[B]P1(=O)OC[C@H]2O[C@@H](n3cnc4c(N)ncnc43)C(F)[C@H]2OP([B])(=O)OC[C@H]2O[C@@H](n3cc(F)c4c3N=CCC4=O)[C@@H](F)C2O1. The second-order valence-electron chi connectivity index (χ2n) is 31.9. The largest absolute Gasteiger partial charge is 0.386 e. The van der Waals surface area contributed by atoms with E-state index in [-0.39, 0.29) is 97.6 Å². The summed E-state index contributed by atoms with van der Waals surface area (Å²) in [5.74, 6) is -3.90. The molecule has 0 bridgehead atoms. The van der Waals surface area contributed by atoms with Gasteiger partial charge < -0.3 is 114 Å². The summed E-state index contributed by atoms with van der Waals surface area (Å²) in [6.07, 6.45) is -23.7. The van der Waals surface area contributed by atoms with E-state index in [1.807, 2.05) is 0 Å². The van der Waals surface area contributed by atoms with Crippen molar-refractivity contribution in [1.29, 1.82) is 0 Å². The lowest BCUT2D eigenvalue weighted by molar-refractivity contribution is -0.0599. The Morgan fingerprint density at radius 2 is 0.754 bits per heavy atom. The van der Waals surface area contributed by atoms with Crippen LogP contribution in [0, 0.1) is 17.5 Å². The molecule has 0 aliphatic carbocycles. The first-order valence-electron chi connectivity index (χ1n) is 40.6. The van der Waals surface area contributed by atoms with E-state index in [2.05, 4.69) is 72.1 Å². The summed E-state index contributed by atoms with van der Waals surface area (Å²) >= 11 is 9.36. The molecule has 30 atom stereocenters. The molecule has 51 nitrogen and oxygen atoms in total. The molecular formula is C68H69B4F7N22O29P6S2. The van der Waals surface area contributed by atoms with Crippen LogP contribution in [0.2, 0.25) is 0 Å². The Balaban J connectivity index is 0.000000132. The lowest BCUT2D eigenvalue weighted by Gasteiger charge is -2.30. The molecule has 12 unspecified atom stereocenters. The fourth-order valence-corrected chi connectivity index (χ4v) is 24.1. The van der Waals surface area contributed by atoms with E-state index in [0.717, 1.165) is 46.7 Å². The van der Waals surface area contributed by atoms with Crippen LogP contribution in [0.3, 0.4) is 0 Å². The van der Waals surface area contributed by atoms with Crippen LogP contribution in [0.1, 0.15) is 70.9 Å². The van der Waals surface area contributed by atoms with Gasteiger partial charge in [-0.1, -0.05) is 12.2 Å². The maximum atomic E-state index is 16.0. The number of nitrogens with two attached hydrogens (primary N) is 3. The Hall–Kier alpha value is -8.21. The molecule has 0 spiro atoms. The molecule has 11 aliphatic heterocycles. The highest BCUT2D eigenvalue weighted by Crippen LogP contribution is 2.62. The molecule has 7 N–H and O–H groups in total. The number of ether oxygens (including phenoxy) is 8. The maximum Gasteiger partial charge on any atom is 0.386 e. The van der Waals surface area contributed by atoms with Gasteiger partial charge in [-0.3, -0.25) is 64.5 Å². The molecule has 9 fully saturated rings. The molecule has 728 valence electrons. The molecule has 10 aromatic rings. The zero-order valence-corrected chi connectivity index (χ0v) is 77.6. The molecule has 10 aromatic heterocycles. The first-order chi connectivity index (χ1) is 65.5. The summed E-state index contributed by atoms with van der Waals surface area (Å²) < 4.78 is 295. The van der Waals surface area contributed by atoms with Crippen molar-refractivity contribution in [2.45, 2.75) is 160 Å². The number of aliphatic imine (C=N–C) groups is 2. The number of aryl methyl sites for hydroxylation is 1. The van der Waals surface area contributed by atoms with Crippen LogP contribution in [-0.4, -0.2) is 305 Å². The Labute approximate surface area is 783 Å². The van der Waals surface area contributed by atoms with Crippen LogP contribution in [-0.2, 0) is 134 Å². The number of rotatable bonds is 8. The smallest absolute Gasteiger partial charge is 0.382 e. The predicted octanol–water partition coefficient (Wildman–Crippen LogP) is 5.55. The Bertz CT molecular complexity index is 6930. The summed E-state index contributed by atoms with van der Waals surface area (Å²) in [7, 11) is 8.85. The van der Waals surface area contributed by atoms with Gasteiger partial charge in [-0.2, -0.15) is 0 Å². The van der Waals surface area contributed by atoms with E-state index in [1.54, 1.807) is 0 Å². The van der Waals surface area contributed by atoms with Crippen molar-refractivity contribution in [2.75, 3.05) is 71.1 Å².